The summed E-state index contributed by atoms with van der Waals surface area (Å²) in [6.07, 6.45) is 0.712. The largest absolute Gasteiger partial charge is 0.298 e. The summed E-state index contributed by atoms with van der Waals surface area (Å²) in [5, 5.41) is 0. The molecule has 0 aromatic heterocycles. The van der Waals surface area contributed by atoms with E-state index in [-0.39, 0.29) is 5.78 Å². The van der Waals surface area contributed by atoms with Gasteiger partial charge in [0, 0.05) is 11.1 Å². The summed E-state index contributed by atoms with van der Waals surface area (Å²) < 4.78 is 13.4. The lowest BCUT2D eigenvalue weighted by molar-refractivity contribution is 0.101. The number of ketones is 1. The zero-order valence-corrected chi connectivity index (χ0v) is 10.7. The van der Waals surface area contributed by atoms with Crippen LogP contribution in [0, 0.1) is 12.7 Å². The Labute approximate surface area is 110 Å². The van der Waals surface area contributed by atoms with Crippen LogP contribution in [0.5, 0.6) is 0 Å². The molecule has 2 rings (SSSR count). The molecule has 0 fully saturated rings. The number of Topliss-reactive ketones (excluding diaryl/α,β-unsaturated/α-hetero) is 1. The van der Waals surface area contributed by atoms with Gasteiger partial charge in [0.25, 0.3) is 0 Å². The number of rotatable bonds is 3. The summed E-state index contributed by atoms with van der Waals surface area (Å²) in [5.74, 6) is -0.591. The molecule has 0 unspecified atom stereocenters. The van der Waals surface area contributed by atoms with Crippen LogP contribution < -0.4 is 0 Å². The average molecular weight is 256 g/mol. The summed E-state index contributed by atoms with van der Waals surface area (Å²) in [6.45, 7) is 3.30. The van der Waals surface area contributed by atoms with Crippen molar-refractivity contribution in [3.8, 4) is 11.1 Å². The predicted octanol–water partition coefficient (Wildman–Crippen LogP) is 3.82. The van der Waals surface area contributed by atoms with Crippen LogP contribution in [0.2, 0.25) is 0 Å². The molecule has 0 atom stereocenters. The van der Waals surface area contributed by atoms with Crippen molar-refractivity contribution in [1.82, 2.24) is 0 Å². The van der Waals surface area contributed by atoms with Crippen molar-refractivity contribution < 1.29 is 14.0 Å². The second-order valence-corrected chi connectivity index (χ2v) is 4.45. The lowest BCUT2D eigenvalue weighted by atomic mass is 9.93. The van der Waals surface area contributed by atoms with E-state index in [1.165, 1.54) is 25.1 Å². The summed E-state index contributed by atoms with van der Waals surface area (Å²) in [4.78, 5) is 22.7. The molecule has 0 amide bonds. The van der Waals surface area contributed by atoms with Crippen LogP contribution in [-0.2, 0) is 0 Å². The van der Waals surface area contributed by atoms with Crippen molar-refractivity contribution in [3.05, 3.63) is 58.9 Å². The molecular formula is C16H13FO2. The maximum Gasteiger partial charge on any atom is 0.160 e. The van der Waals surface area contributed by atoms with Gasteiger partial charge in [0.05, 0.1) is 0 Å². The van der Waals surface area contributed by atoms with Crippen LogP contribution in [0.1, 0.15) is 33.2 Å². The molecule has 0 radical (unpaired) electrons. The van der Waals surface area contributed by atoms with Gasteiger partial charge in [-0.2, -0.15) is 0 Å². The van der Waals surface area contributed by atoms with Crippen LogP contribution in [0.25, 0.3) is 11.1 Å². The third-order valence-electron chi connectivity index (χ3n) is 2.99. The molecule has 0 saturated carbocycles. The second kappa shape index (κ2) is 5.14. The van der Waals surface area contributed by atoms with Crippen LogP contribution in [0.4, 0.5) is 4.39 Å². The summed E-state index contributed by atoms with van der Waals surface area (Å²) in [5.41, 5.74) is 2.84. The van der Waals surface area contributed by atoms with Gasteiger partial charge in [-0.3, -0.25) is 9.59 Å². The molecule has 0 saturated heterocycles. The molecule has 0 bridgehead atoms. The minimum Gasteiger partial charge on any atom is -0.298 e. The van der Waals surface area contributed by atoms with Crippen molar-refractivity contribution in [1.29, 1.82) is 0 Å². The van der Waals surface area contributed by atoms with Gasteiger partial charge in [0.2, 0.25) is 0 Å². The first-order chi connectivity index (χ1) is 9.02. The van der Waals surface area contributed by atoms with Gasteiger partial charge in [-0.1, -0.05) is 23.8 Å². The molecule has 96 valence electrons. The maximum absolute atomic E-state index is 13.4. The Morgan fingerprint density at radius 1 is 1.11 bits per heavy atom. The maximum atomic E-state index is 13.4. The fourth-order valence-electron chi connectivity index (χ4n) is 2.05. The lowest BCUT2D eigenvalue weighted by Crippen LogP contribution is -1.99. The van der Waals surface area contributed by atoms with Crippen molar-refractivity contribution in [2.24, 2.45) is 0 Å². The zero-order chi connectivity index (χ0) is 14.0. The molecular weight excluding hydrogens is 243 g/mol. The molecule has 2 nitrogen and oxygen atoms in total. The highest BCUT2D eigenvalue weighted by molar-refractivity contribution is 6.03. The molecule has 0 aliphatic heterocycles. The first kappa shape index (κ1) is 13.1. The van der Waals surface area contributed by atoms with Crippen molar-refractivity contribution in [2.75, 3.05) is 0 Å². The van der Waals surface area contributed by atoms with Gasteiger partial charge in [-0.15, -0.1) is 0 Å². The molecule has 19 heavy (non-hydrogen) atoms. The number of aldehydes is 1. The highest BCUT2D eigenvalue weighted by Crippen LogP contribution is 2.28. The average Bonchev–Trinajstić information content (AvgIpc) is 2.38. The molecule has 0 N–H and O–H groups in total. The molecule has 0 spiro atoms. The molecule has 0 aliphatic rings. The Kier molecular flexibility index (Phi) is 3.56. The van der Waals surface area contributed by atoms with E-state index in [0.717, 1.165) is 5.56 Å². The van der Waals surface area contributed by atoms with Crippen LogP contribution in [0.15, 0.2) is 36.4 Å². The SMILES string of the molecule is CC(=O)c1ccc(F)cc1-c1cc(C)ccc1C=O. The number of carbonyl (C=O) groups is 2. The molecule has 0 heterocycles. The summed E-state index contributed by atoms with van der Waals surface area (Å²) >= 11 is 0. The normalized spacial score (nSPS) is 10.3. The highest BCUT2D eigenvalue weighted by Gasteiger charge is 2.13. The Morgan fingerprint density at radius 3 is 2.47 bits per heavy atom. The van der Waals surface area contributed by atoms with Crippen molar-refractivity contribution >= 4 is 12.1 Å². The third-order valence-corrected chi connectivity index (χ3v) is 2.99. The fourth-order valence-corrected chi connectivity index (χ4v) is 2.05. The van der Waals surface area contributed by atoms with E-state index < -0.39 is 5.82 Å². The van der Waals surface area contributed by atoms with E-state index >= 15 is 0 Å². The van der Waals surface area contributed by atoms with Crippen LogP contribution in [0.3, 0.4) is 0 Å². The smallest absolute Gasteiger partial charge is 0.160 e. The molecule has 2 aromatic rings. The van der Waals surface area contributed by atoms with E-state index in [0.29, 0.717) is 28.5 Å². The van der Waals surface area contributed by atoms with Crippen LogP contribution >= 0.6 is 0 Å². The van der Waals surface area contributed by atoms with E-state index in [1.807, 2.05) is 6.92 Å². The van der Waals surface area contributed by atoms with Gasteiger partial charge >= 0.3 is 0 Å². The number of hydrogen-bond acceptors (Lipinski definition) is 2. The van der Waals surface area contributed by atoms with Gasteiger partial charge in [0.15, 0.2) is 12.1 Å². The van der Waals surface area contributed by atoms with Gasteiger partial charge in [-0.25, -0.2) is 4.39 Å². The summed E-state index contributed by atoms with van der Waals surface area (Å²) in [6, 6.07) is 9.25. The topological polar surface area (TPSA) is 34.1 Å². The predicted molar refractivity (Wildman–Crippen MR) is 72.0 cm³/mol. The molecule has 2 aromatic carbocycles. The zero-order valence-electron chi connectivity index (χ0n) is 10.7. The van der Waals surface area contributed by atoms with Crippen molar-refractivity contribution in [2.45, 2.75) is 13.8 Å². The first-order valence-electron chi connectivity index (χ1n) is 5.89. The number of aryl methyl sites for hydroxylation is 1. The number of hydrogen-bond donors (Lipinski definition) is 0. The Hall–Kier alpha value is -2.29. The van der Waals surface area contributed by atoms with Gasteiger partial charge < -0.3 is 0 Å². The highest BCUT2D eigenvalue weighted by atomic mass is 19.1. The van der Waals surface area contributed by atoms with E-state index in [1.54, 1.807) is 18.2 Å². The second-order valence-electron chi connectivity index (χ2n) is 4.45. The van der Waals surface area contributed by atoms with Gasteiger partial charge in [0.1, 0.15) is 5.82 Å². The van der Waals surface area contributed by atoms with Gasteiger partial charge in [-0.05, 0) is 43.2 Å². The lowest BCUT2D eigenvalue weighted by Gasteiger charge is -2.10. The summed E-state index contributed by atoms with van der Waals surface area (Å²) in [7, 11) is 0. The Balaban J connectivity index is 2.77. The van der Waals surface area contributed by atoms with Crippen LogP contribution in [-0.4, -0.2) is 12.1 Å². The van der Waals surface area contributed by atoms with E-state index in [4.69, 9.17) is 0 Å². The number of carbonyl (C=O) groups excluding carboxylic acids is 2. The fraction of sp³-hybridized carbons (Fsp3) is 0.125. The number of benzene rings is 2. The number of halogens is 1. The quantitative estimate of drug-likeness (QED) is 0.618. The minimum absolute atomic E-state index is 0.159. The Bertz CT molecular complexity index is 660. The Morgan fingerprint density at radius 2 is 1.84 bits per heavy atom. The standard InChI is InChI=1S/C16H13FO2/c1-10-3-4-12(9-18)15(7-10)16-8-13(17)5-6-14(16)11(2)19/h3-9H,1-2H3. The molecule has 3 heteroatoms. The first-order valence-corrected chi connectivity index (χ1v) is 5.89. The molecule has 0 aliphatic carbocycles. The van der Waals surface area contributed by atoms with E-state index in [2.05, 4.69) is 0 Å². The third kappa shape index (κ3) is 2.60. The van der Waals surface area contributed by atoms with E-state index in [9.17, 15) is 14.0 Å². The minimum atomic E-state index is -0.432. The van der Waals surface area contributed by atoms with Crippen molar-refractivity contribution in [3.63, 3.8) is 0 Å². The monoisotopic (exact) mass is 256 g/mol.